The zero-order valence-corrected chi connectivity index (χ0v) is 16.7. The number of carbonyl (C=O) groups is 1. The van der Waals surface area contributed by atoms with E-state index in [-0.39, 0.29) is 5.91 Å². The first-order valence-electron chi connectivity index (χ1n) is 8.60. The Labute approximate surface area is 170 Å². The lowest BCUT2D eigenvalue weighted by molar-refractivity contribution is 0.0994. The third-order valence-electron chi connectivity index (χ3n) is 4.11. The lowest BCUT2D eigenvalue weighted by atomic mass is 10.2. The van der Waals surface area contributed by atoms with Gasteiger partial charge in [-0.1, -0.05) is 30.3 Å². The normalized spacial score (nSPS) is 11.5. The highest BCUT2D eigenvalue weighted by atomic mass is 32.1. The van der Waals surface area contributed by atoms with Crippen molar-refractivity contribution < 1.29 is 9.53 Å². The summed E-state index contributed by atoms with van der Waals surface area (Å²) in [4.78, 5) is 22.0. The van der Waals surface area contributed by atoms with Crippen LogP contribution in [-0.4, -0.2) is 22.6 Å². The van der Waals surface area contributed by atoms with Crippen molar-refractivity contribution in [2.24, 2.45) is 4.99 Å². The summed E-state index contributed by atoms with van der Waals surface area (Å²) in [5.74, 6) is 0.451. The minimum absolute atomic E-state index is 0.333. The van der Waals surface area contributed by atoms with E-state index in [2.05, 4.69) is 22.1 Å². The van der Waals surface area contributed by atoms with Crippen molar-refractivity contribution >= 4 is 28.6 Å². The summed E-state index contributed by atoms with van der Waals surface area (Å²) < 4.78 is 7.14. The van der Waals surface area contributed by atoms with Crippen LogP contribution in [0.1, 0.15) is 16.1 Å². The molecule has 0 unspecified atom stereocenters. The van der Waals surface area contributed by atoms with Crippen LogP contribution in [0.5, 0.6) is 5.75 Å². The van der Waals surface area contributed by atoms with Gasteiger partial charge in [0.05, 0.1) is 7.11 Å². The molecule has 28 heavy (non-hydrogen) atoms. The number of carbonyl (C=O) groups excluding carboxylic acids is 1. The van der Waals surface area contributed by atoms with E-state index in [9.17, 15) is 4.79 Å². The van der Waals surface area contributed by atoms with Gasteiger partial charge in [-0.05, 0) is 29.8 Å². The fourth-order valence-corrected chi connectivity index (χ4v) is 4.20. The fourth-order valence-electron chi connectivity index (χ4n) is 2.67. The topological polar surface area (TPSA) is 56.5 Å². The molecule has 7 heteroatoms. The molecule has 140 valence electrons. The van der Waals surface area contributed by atoms with Crippen LogP contribution < -0.4 is 9.54 Å². The van der Waals surface area contributed by atoms with Crippen LogP contribution >= 0.6 is 22.7 Å². The number of benzene rings is 2. The number of hydrogen-bond donors (Lipinski definition) is 0. The average Bonchev–Trinajstić information content (AvgIpc) is 3.39. The maximum absolute atomic E-state index is 12.6. The van der Waals surface area contributed by atoms with E-state index in [1.165, 1.54) is 22.7 Å². The van der Waals surface area contributed by atoms with Gasteiger partial charge in [0.15, 0.2) is 4.80 Å². The Kier molecular flexibility index (Phi) is 5.45. The molecule has 5 nitrogen and oxygen atoms in total. The molecule has 0 bridgehead atoms. The SMILES string of the molecule is COc1ccc(-c2nc(C(=O)N=c3sccn3Cc3ccccc3)cs2)cc1. The van der Waals surface area contributed by atoms with Gasteiger partial charge < -0.3 is 9.30 Å². The summed E-state index contributed by atoms with van der Waals surface area (Å²) in [7, 11) is 1.63. The van der Waals surface area contributed by atoms with Crippen LogP contribution in [0.3, 0.4) is 0 Å². The lowest BCUT2D eigenvalue weighted by Gasteiger charge is -2.02. The van der Waals surface area contributed by atoms with Crippen molar-refractivity contribution in [3.8, 4) is 16.3 Å². The minimum Gasteiger partial charge on any atom is -0.497 e. The van der Waals surface area contributed by atoms with Gasteiger partial charge >= 0.3 is 0 Å². The lowest BCUT2D eigenvalue weighted by Crippen LogP contribution is -2.17. The number of aromatic nitrogens is 2. The third kappa shape index (κ3) is 4.11. The summed E-state index contributed by atoms with van der Waals surface area (Å²) in [6, 6.07) is 17.7. The Morgan fingerprint density at radius 3 is 2.64 bits per heavy atom. The molecule has 4 rings (SSSR count). The highest BCUT2D eigenvalue weighted by Gasteiger charge is 2.12. The summed E-state index contributed by atoms with van der Waals surface area (Å²) in [6.07, 6.45) is 1.94. The van der Waals surface area contributed by atoms with Crippen LogP contribution in [0.2, 0.25) is 0 Å². The fraction of sp³-hybridized carbons (Fsp3) is 0.0952. The standard InChI is InChI=1S/C21H17N3O2S2/c1-26-17-9-7-16(8-10-17)20-22-18(14-28-20)19(25)23-21-24(11-12-27-21)13-15-5-3-2-4-6-15/h2-12,14H,13H2,1H3. The van der Waals surface area contributed by atoms with Crippen molar-refractivity contribution in [3.63, 3.8) is 0 Å². The van der Waals surface area contributed by atoms with Crippen molar-refractivity contribution in [2.75, 3.05) is 7.11 Å². The molecular weight excluding hydrogens is 390 g/mol. The molecule has 2 aromatic heterocycles. The molecule has 0 atom stereocenters. The minimum atomic E-state index is -0.333. The first-order chi connectivity index (χ1) is 13.7. The second-order valence-corrected chi connectivity index (χ2v) is 7.71. The predicted molar refractivity (Wildman–Crippen MR) is 112 cm³/mol. The summed E-state index contributed by atoms with van der Waals surface area (Å²) in [5, 5.41) is 4.46. The average molecular weight is 408 g/mol. The summed E-state index contributed by atoms with van der Waals surface area (Å²) in [6.45, 7) is 0.671. The zero-order valence-electron chi connectivity index (χ0n) is 15.1. The molecule has 2 heterocycles. The van der Waals surface area contributed by atoms with Gasteiger partial charge in [-0.3, -0.25) is 4.79 Å². The number of ether oxygens (including phenoxy) is 1. The molecule has 0 saturated carbocycles. The van der Waals surface area contributed by atoms with E-state index in [0.717, 1.165) is 21.9 Å². The highest BCUT2D eigenvalue weighted by Crippen LogP contribution is 2.25. The monoisotopic (exact) mass is 407 g/mol. The largest absolute Gasteiger partial charge is 0.497 e. The number of nitrogens with zero attached hydrogens (tertiary/aromatic N) is 3. The Morgan fingerprint density at radius 1 is 1.11 bits per heavy atom. The molecule has 0 N–H and O–H groups in total. The second kappa shape index (κ2) is 8.33. The molecule has 2 aromatic carbocycles. The van der Waals surface area contributed by atoms with Crippen molar-refractivity contribution in [1.82, 2.24) is 9.55 Å². The van der Waals surface area contributed by atoms with Crippen LogP contribution in [0, 0.1) is 0 Å². The van der Waals surface area contributed by atoms with Gasteiger partial charge in [0.25, 0.3) is 5.91 Å². The summed E-state index contributed by atoms with van der Waals surface area (Å²) in [5.41, 5.74) is 2.46. The Balaban J connectivity index is 1.56. The smallest absolute Gasteiger partial charge is 0.299 e. The number of amides is 1. The van der Waals surface area contributed by atoms with Gasteiger partial charge in [0.2, 0.25) is 0 Å². The summed E-state index contributed by atoms with van der Waals surface area (Å²) >= 11 is 2.86. The molecule has 0 saturated heterocycles. The molecule has 0 radical (unpaired) electrons. The van der Waals surface area contributed by atoms with E-state index >= 15 is 0 Å². The Bertz CT molecular complexity index is 1140. The quantitative estimate of drug-likeness (QED) is 0.490. The van der Waals surface area contributed by atoms with E-state index < -0.39 is 0 Å². The van der Waals surface area contributed by atoms with Gasteiger partial charge in [0, 0.05) is 29.1 Å². The maximum atomic E-state index is 12.6. The van der Waals surface area contributed by atoms with Crippen LogP contribution in [0.25, 0.3) is 10.6 Å². The van der Waals surface area contributed by atoms with Gasteiger partial charge in [-0.15, -0.1) is 22.7 Å². The second-order valence-electron chi connectivity index (χ2n) is 5.98. The molecule has 0 aliphatic heterocycles. The first-order valence-corrected chi connectivity index (χ1v) is 10.4. The van der Waals surface area contributed by atoms with Gasteiger partial charge in [-0.2, -0.15) is 4.99 Å². The molecule has 0 aliphatic rings. The van der Waals surface area contributed by atoms with Gasteiger partial charge in [-0.25, -0.2) is 4.98 Å². The third-order valence-corrected chi connectivity index (χ3v) is 5.80. The van der Waals surface area contributed by atoms with Gasteiger partial charge in [0.1, 0.15) is 16.5 Å². The van der Waals surface area contributed by atoms with E-state index in [0.29, 0.717) is 17.0 Å². The molecular formula is C21H17N3O2S2. The Morgan fingerprint density at radius 2 is 1.89 bits per heavy atom. The van der Waals surface area contributed by atoms with Crippen LogP contribution in [0.15, 0.2) is 76.5 Å². The van der Waals surface area contributed by atoms with Crippen LogP contribution in [0.4, 0.5) is 0 Å². The van der Waals surface area contributed by atoms with E-state index in [1.54, 1.807) is 12.5 Å². The van der Waals surface area contributed by atoms with E-state index in [1.807, 2.05) is 58.6 Å². The van der Waals surface area contributed by atoms with Crippen molar-refractivity contribution in [2.45, 2.75) is 6.54 Å². The molecule has 0 aliphatic carbocycles. The van der Waals surface area contributed by atoms with Crippen LogP contribution in [-0.2, 0) is 6.54 Å². The van der Waals surface area contributed by atoms with Crippen molar-refractivity contribution in [3.05, 3.63) is 87.6 Å². The molecule has 0 spiro atoms. The van der Waals surface area contributed by atoms with Crippen molar-refractivity contribution in [1.29, 1.82) is 0 Å². The zero-order chi connectivity index (χ0) is 19.3. The molecule has 0 fully saturated rings. The molecule has 4 aromatic rings. The van der Waals surface area contributed by atoms with E-state index in [4.69, 9.17) is 4.74 Å². The Hall–Kier alpha value is -3.03. The first kappa shape index (κ1) is 18.3. The highest BCUT2D eigenvalue weighted by molar-refractivity contribution is 7.13. The number of methoxy groups -OCH3 is 1. The molecule has 1 amide bonds. The predicted octanol–water partition coefficient (Wildman–Crippen LogP) is 4.47. The number of rotatable bonds is 5. The number of hydrogen-bond acceptors (Lipinski definition) is 5. The number of thiazole rings is 2. The maximum Gasteiger partial charge on any atom is 0.299 e.